The maximum Gasteiger partial charge on any atom is 0.230 e. The number of carbonyl (C=O) groups excluding carboxylic acids is 1. The van der Waals surface area contributed by atoms with Gasteiger partial charge in [0.2, 0.25) is 5.91 Å². The van der Waals surface area contributed by atoms with E-state index in [-0.39, 0.29) is 11.7 Å². The molecule has 0 aliphatic carbocycles. The maximum absolute atomic E-state index is 12.3. The van der Waals surface area contributed by atoms with Crippen molar-refractivity contribution >= 4 is 23.3 Å². The molecular weight excluding hydrogens is 374 g/mol. The van der Waals surface area contributed by atoms with Crippen LogP contribution >= 0.6 is 11.8 Å². The molecule has 8 nitrogen and oxygen atoms in total. The molecule has 0 aliphatic heterocycles. The maximum atomic E-state index is 12.3. The first-order valence-electron chi connectivity index (χ1n) is 8.77. The third-order valence-electron chi connectivity index (χ3n) is 4.45. The molecule has 4 aromatic rings. The smallest absolute Gasteiger partial charge is 0.230 e. The number of pyridine rings is 1. The summed E-state index contributed by atoms with van der Waals surface area (Å²) in [6, 6.07) is 11.8. The van der Waals surface area contributed by atoms with Gasteiger partial charge < -0.3 is 5.32 Å². The Hall–Kier alpha value is -3.20. The van der Waals surface area contributed by atoms with Crippen LogP contribution in [0.5, 0.6) is 0 Å². The zero-order valence-corrected chi connectivity index (χ0v) is 16.3. The van der Waals surface area contributed by atoms with Crippen molar-refractivity contribution < 1.29 is 4.79 Å². The van der Waals surface area contributed by atoms with Gasteiger partial charge in [0.15, 0.2) is 16.6 Å². The van der Waals surface area contributed by atoms with E-state index in [0.717, 1.165) is 11.3 Å². The zero-order valence-electron chi connectivity index (χ0n) is 15.5. The highest BCUT2D eigenvalue weighted by Crippen LogP contribution is 2.21. The molecule has 28 heavy (non-hydrogen) atoms. The number of fused-ring (bicyclic) bond motifs is 1. The van der Waals surface area contributed by atoms with Crippen molar-refractivity contribution in [2.75, 3.05) is 5.75 Å². The Morgan fingerprint density at radius 2 is 2.00 bits per heavy atom. The number of aromatic nitrogens is 6. The number of amides is 1. The van der Waals surface area contributed by atoms with Crippen LogP contribution in [0, 0.1) is 13.8 Å². The summed E-state index contributed by atoms with van der Waals surface area (Å²) in [7, 11) is 0. The number of hydrogen-bond acceptors (Lipinski definition) is 6. The second kappa shape index (κ2) is 7.81. The number of carbonyl (C=O) groups is 1. The highest BCUT2D eigenvalue weighted by atomic mass is 32.2. The van der Waals surface area contributed by atoms with E-state index in [0.29, 0.717) is 17.5 Å². The second-order valence-corrected chi connectivity index (χ2v) is 7.31. The lowest BCUT2D eigenvalue weighted by Gasteiger charge is -2.09. The molecule has 0 fully saturated rings. The van der Waals surface area contributed by atoms with Crippen LogP contribution < -0.4 is 5.32 Å². The number of aryl methyl sites for hydroxylation is 2. The molecule has 4 rings (SSSR count). The van der Waals surface area contributed by atoms with Crippen LogP contribution in [0.4, 0.5) is 0 Å². The largest absolute Gasteiger partial charge is 0.348 e. The van der Waals surface area contributed by atoms with Crippen LogP contribution in [-0.4, -0.2) is 41.0 Å². The summed E-state index contributed by atoms with van der Waals surface area (Å²) in [5.74, 6) is 0.819. The molecule has 3 heterocycles. The van der Waals surface area contributed by atoms with E-state index in [1.165, 1.54) is 22.9 Å². The average molecular weight is 393 g/mol. The third-order valence-corrected chi connectivity index (χ3v) is 5.39. The van der Waals surface area contributed by atoms with E-state index in [1.54, 1.807) is 6.33 Å². The summed E-state index contributed by atoms with van der Waals surface area (Å²) in [4.78, 5) is 12.3. The van der Waals surface area contributed by atoms with Gasteiger partial charge >= 0.3 is 0 Å². The quantitative estimate of drug-likeness (QED) is 0.506. The lowest BCUT2D eigenvalue weighted by molar-refractivity contribution is -0.118. The van der Waals surface area contributed by atoms with E-state index in [9.17, 15) is 4.79 Å². The molecule has 0 atom stereocenters. The third kappa shape index (κ3) is 3.74. The monoisotopic (exact) mass is 393 g/mol. The highest BCUT2D eigenvalue weighted by Gasteiger charge is 2.12. The Labute approximate surface area is 166 Å². The fourth-order valence-electron chi connectivity index (χ4n) is 2.75. The molecule has 1 N–H and O–H groups in total. The van der Waals surface area contributed by atoms with Crippen LogP contribution in [0.25, 0.3) is 11.3 Å². The molecule has 0 bridgehead atoms. The van der Waals surface area contributed by atoms with Crippen LogP contribution in [0.2, 0.25) is 0 Å². The lowest BCUT2D eigenvalue weighted by Crippen LogP contribution is -2.25. The van der Waals surface area contributed by atoms with Crippen LogP contribution in [0.1, 0.15) is 17.0 Å². The standard InChI is InChI=1S/C19H19N7OS/c1-13-6-7-15(9-14(13)2)26-12-21-24-19(26)28-11-18(27)20-10-17-23-22-16-5-3-4-8-25(16)17/h3-9,12H,10-11H2,1-2H3,(H,20,27). The molecule has 0 spiro atoms. The number of thioether (sulfide) groups is 1. The predicted molar refractivity (Wildman–Crippen MR) is 106 cm³/mol. The van der Waals surface area contributed by atoms with E-state index in [1.807, 2.05) is 39.4 Å². The molecule has 142 valence electrons. The molecule has 0 radical (unpaired) electrons. The predicted octanol–water partition coefficient (Wildman–Crippen LogP) is 2.34. The number of nitrogens with zero attached hydrogens (tertiary/aromatic N) is 6. The van der Waals surface area contributed by atoms with Gasteiger partial charge in [-0.3, -0.25) is 13.8 Å². The van der Waals surface area contributed by atoms with Crippen molar-refractivity contribution in [2.45, 2.75) is 25.5 Å². The van der Waals surface area contributed by atoms with E-state index >= 15 is 0 Å². The van der Waals surface area contributed by atoms with Crippen LogP contribution in [0.3, 0.4) is 0 Å². The van der Waals surface area contributed by atoms with Crippen molar-refractivity contribution in [1.82, 2.24) is 34.7 Å². The minimum absolute atomic E-state index is 0.104. The summed E-state index contributed by atoms with van der Waals surface area (Å²) in [6.07, 6.45) is 3.53. The van der Waals surface area contributed by atoms with Gasteiger partial charge in [-0.05, 0) is 49.2 Å². The number of nitrogens with one attached hydrogen (secondary N) is 1. The Bertz CT molecular complexity index is 1130. The minimum Gasteiger partial charge on any atom is -0.348 e. The normalized spacial score (nSPS) is 11.1. The summed E-state index contributed by atoms with van der Waals surface area (Å²) in [5, 5.41) is 19.9. The SMILES string of the molecule is Cc1ccc(-n2cnnc2SCC(=O)NCc2nnc3ccccn23)cc1C. The zero-order chi connectivity index (χ0) is 19.5. The van der Waals surface area contributed by atoms with Gasteiger partial charge in [-0.15, -0.1) is 20.4 Å². The fourth-order valence-corrected chi connectivity index (χ4v) is 3.50. The second-order valence-electron chi connectivity index (χ2n) is 6.36. The molecular formula is C19H19N7OS. The van der Waals surface area contributed by atoms with E-state index in [4.69, 9.17) is 0 Å². The Balaban J connectivity index is 1.38. The van der Waals surface area contributed by atoms with E-state index in [2.05, 4.69) is 51.7 Å². The molecule has 0 saturated heterocycles. The average Bonchev–Trinajstić information content (AvgIpc) is 3.34. The first kappa shape index (κ1) is 18.2. The van der Waals surface area contributed by atoms with Crippen molar-refractivity contribution in [1.29, 1.82) is 0 Å². The van der Waals surface area contributed by atoms with Crippen molar-refractivity contribution in [2.24, 2.45) is 0 Å². The van der Waals surface area contributed by atoms with Crippen molar-refractivity contribution in [3.05, 3.63) is 65.9 Å². The van der Waals surface area contributed by atoms with Gasteiger partial charge in [-0.1, -0.05) is 23.9 Å². The topological polar surface area (TPSA) is 90.0 Å². The highest BCUT2D eigenvalue weighted by molar-refractivity contribution is 7.99. The molecule has 0 aliphatic rings. The Morgan fingerprint density at radius 1 is 1.11 bits per heavy atom. The summed E-state index contributed by atoms with van der Waals surface area (Å²) in [6.45, 7) is 4.45. The van der Waals surface area contributed by atoms with E-state index < -0.39 is 0 Å². The summed E-state index contributed by atoms with van der Waals surface area (Å²) < 4.78 is 3.74. The van der Waals surface area contributed by atoms with Gasteiger partial charge in [0.1, 0.15) is 6.33 Å². The van der Waals surface area contributed by atoms with Gasteiger partial charge in [0, 0.05) is 11.9 Å². The van der Waals surface area contributed by atoms with Gasteiger partial charge in [0.05, 0.1) is 12.3 Å². The Kier molecular flexibility index (Phi) is 5.07. The minimum atomic E-state index is -0.104. The van der Waals surface area contributed by atoms with Crippen LogP contribution in [-0.2, 0) is 11.3 Å². The summed E-state index contributed by atoms with van der Waals surface area (Å²) in [5.41, 5.74) is 4.15. The molecule has 3 aromatic heterocycles. The van der Waals surface area contributed by atoms with Gasteiger partial charge in [-0.2, -0.15) is 0 Å². The Morgan fingerprint density at radius 3 is 2.86 bits per heavy atom. The van der Waals surface area contributed by atoms with Crippen LogP contribution in [0.15, 0.2) is 54.1 Å². The lowest BCUT2D eigenvalue weighted by atomic mass is 10.1. The molecule has 1 amide bonds. The number of benzene rings is 1. The first-order valence-corrected chi connectivity index (χ1v) is 9.76. The summed E-state index contributed by atoms with van der Waals surface area (Å²) >= 11 is 1.34. The first-order chi connectivity index (χ1) is 13.6. The molecule has 0 unspecified atom stereocenters. The fraction of sp³-hybridized carbons (Fsp3) is 0.211. The van der Waals surface area contributed by atoms with Gasteiger partial charge in [0.25, 0.3) is 0 Å². The van der Waals surface area contributed by atoms with Gasteiger partial charge in [-0.25, -0.2) is 0 Å². The van der Waals surface area contributed by atoms with Crippen molar-refractivity contribution in [3.63, 3.8) is 0 Å². The van der Waals surface area contributed by atoms with Crippen molar-refractivity contribution in [3.8, 4) is 5.69 Å². The molecule has 0 saturated carbocycles. The molecule has 9 heteroatoms. The number of hydrogen-bond donors (Lipinski definition) is 1. The number of rotatable bonds is 6. The molecule has 1 aromatic carbocycles.